The van der Waals surface area contributed by atoms with Gasteiger partial charge in [-0.2, -0.15) is 14.9 Å². The van der Waals surface area contributed by atoms with Gasteiger partial charge in [0.15, 0.2) is 22.3 Å². The first kappa shape index (κ1) is 130. The van der Waals surface area contributed by atoms with Gasteiger partial charge in [0.2, 0.25) is 26.4 Å². The van der Waals surface area contributed by atoms with E-state index in [4.69, 9.17) is 42.2 Å². The van der Waals surface area contributed by atoms with Gasteiger partial charge >= 0.3 is 5.97 Å². The third-order valence-corrected chi connectivity index (χ3v) is 28.8. The summed E-state index contributed by atoms with van der Waals surface area (Å²) in [5.41, 5.74) is 13.5. The second-order valence-electron chi connectivity index (χ2n) is 41.0. The highest BCUT2D eigenvalue weighted by Gasteiger charge is 2.39. The fourth-order valence-corrected chi connectivity index (χ4v) is 20.1. The summed E-state index contributed by atoms with van der Waals surface area (Å²) in [4.78, 5) is 77.3. The molecular formula is C114H207Cl3N10O11S. The highest BCUT2D eigenvalue weighted by molar-refractivity contribution is 8.26. The third-order valence-electron chi connectivity index (χ3n) is 28.6. The molecule has 0 bridgehead atoms. The molecule has 2 saturated carbocycles. The van der Waals surface area contributed by atoms with Crippen molar-refractivity contribution < 1.29 is 44.0 Å². The fraction of sp³-hybridized carbons (Fsp3) is 0.842. The number of hydrogen-bond donors (Lipinski definition) is 8. The number of nitrogen functional groups attached to an aromatic ring is 2. The number of aromatic nitrogens is 8. The van der Waals surface area contributed by atoms with E-state index in [2.05, 4.69) is 91.8 Å². The van der Waals surface area contributed by atoms with Crippen LogP contribution in [0.15, 0.2) is 58.9 Å². The van der Waals surface area contributed by atoms with Crippen LogP contribution in [0, 0.1) is 11.8 Å². The van der Waals surface area contributed by atoms with Crippen molar-refractivity contribution in [3.8, 4) is 0 Å². The van der Waals surface area contributed by atoms with Crippen molar-refractivity contribution >= 4 is 87.6 Å². The Balaban J connectivity index is 0.000000648. The Labute approximate surface area is 862 Å². The SMILES string of the molecule is C=C(CCCCCCCCCCCCCCC[C@H]1C(=C)[C@@H](n2cnc3c(=O)[nH]c(N)nc32)C[C@@H]1O)OOCCCCCCCCCCCCCC.C=C1[C@H](CO)[C@@H](O)C[C@@H]1n1cnc2c(=O)[nH]c(N)nc21.CCCCCCCCCCCCCCCCCCCCCCCCCCCCCC(=O)Cl.CCCCCCCCCCCCCCCCCCCCCCCCCCCCCC(=O)O.O=S(Cl)Cl. The molecule has 0 amide bonds. The van der Waals surface area contributed by atoms with Gasteiger partial charge in [-0.3, -0.25) is 29.1 Å². The van der Waals surface area contributed by atoms with E-state index in [0.29, 0.717) is 49.2 Å². The van der Waals surface area contributed by atoms with E-state index >= 15 is 0 Å². The number of carbonyl (C=O) groups is 2. The molecule has 0 radical (unpaired) electrons. The quantitative estimate of drug-likeness (QED) is 0.00508. The van der Waals surface area contributed by atoms with Crippen molar-refractivity contribution in [1.82, 2.24) is 39.0 Å². The van der Waals surface area contributed by atoms with Gasteiger partial charge in [0, 0.05) is 52.5 Å². The van der Waals surface area contributed by atoms with Crippen LogP contribution in [-0.4, -0.2) is 100 Å². The number of carboxylic acid groups (broad SMARTS) is 1. The average Bonchev–Trinajstić information content (AvgIpc) is 1.63. The number of fused-ring (bicyclic) bond motifs is 2. The number of nitrogens with two attached hydrogens (primary N) is 2. The number of imidazole rings is 2. The minimum absolute atomic E-state index is 0.00659. The monoisotopic (exact) mass is 2030 g/mol. The summed E-state index contributed by atoms with van der Waals surface area (Å²) < 4.78 is 12.6. The Morgan fingerprint density at radius 1 is 0.396 bits per heavy atom. The number of aliphatic carboxylic acids is 1. The predicted molar refractivity (Wildman–Crippen MR) is 592 cm³/mol. The van der Waals surface area contributed by atoms with Crippen molar-refractivity contribution in [2.45, 2.75) is 591 Å². The van der Waals surface area contributed by atoms with Crippen molar-refractivity contribution in [3.05, 3.63) is 70.0 Å². The first-order chi connectivity index (χ1) is 67.7. The molecule has 2 aliphatic rings. The fourth-order valence-electron chi connectivity index (χ4n) is 19.9. The van der Waals surface area contributed by atoms with Crippen molar-refractivity contribution in [3.63, 3.8) is 0 Å². The molecule has 2 fully saturated rings. The zero-order chi connectivity index (χ0) is 101. The minimum atomic E-state index is -1.67. The van der Waals surface area contributed by atoms with Crippen LogP contribution in [0.4, 0.5) is 11.9 Å². The van der Waals surface area contributed by atoms with Crippen molar-refractivity contribution in [2.75, 3.05) is 24.7 Å². The number of aliphatic hydroxyl groups is 3. The number of unbranched alkanes of at least 4 members (excludes halogenated alkanes) is 75. The van der Waals surface area contributed by atoms with E-state index in [1.807, 2.05) is 4.57 Å². The minimum Gasteiger partial charge on any atom is -0.481 e. The molecule has 0 unspecified atom stereocenters. The van der Waals surface area contributed by atoms with Crippen molar-refractivity contribution in [2.24, 2.45) is 11.8 Å². The lowest BCUT2D eigenvalue weighted by Gasteiger charge is -2.17. The van der Waals surface area contributed by atoms with Gasteiger partial charge in [-0.25, -0.2) is 14.2 Å². The molecular weight excluding hydrogens is 1820 g/mol. The van der Waals surface area contributed by atoms with Crippen LogP contribution >= 0.6 is 33.0 Å². The lowest BCUT2D eigenvalue weighted by Crippen LogP contribution is -2.17. The normalized spacial score (nSPS) is 15.7. The Kier molecular flexibility index (Phi) is 87.4. The molecule has 2 aliphatic carbocycles. The Morgan fingerprint density at radius 2 is 0.626 bits per heavy atom. The molecule has 4 heterocycles. The van der Waals surface area contributed by atoms with E-state index in [1.54, 1.807) is 10.9 Å². The number of carbonyl (C=O) groups excluding carboxylic acids is 1. The standard InChI is InChI=1S/C42H73N5O4.C30H59ClO.C30H60O2.C12H15N5O3.Cl2OS/c1-4-5-6-7-8-9-10-16-19-22-25-28-31-50-51-34(2)29-26-23-20-17-14-12-11-13-15-18-21-24-27-30-36-35(3)37(32-38(36)48)47-33-44-39-40(47)45-42(43)46-41(39)49;2*1-2-3-4-5-6-7-8-9-10-11-12-13-14-15-16-17-18-19-20-21-22-23-24-25-26-27-28-29-30(31)32;1-5-6(3-18)8(19)2-7(5)17-4-14-9-10(17)15-12(13)16-11(9)20;1-4(2)3/h33,36-38,48H,2-32H2,1H3,(H3,43,45,46,49);2-29H2,1H3;2-29H2,1H3,(H,31,32);4,6-8,18-19H,1-3H2,(H3,13,15,16,20);/t36-,37-,38-;;;6-,7-,8-;/m0..0./s1. The molecule has 6 rings (SSSR count). The van der Waals surface area contributed by atoms with Gasteiger partial charge in [0.25, 0.3) is 11.1 Å². The summed E-state index contributed by atoms with van der Waals surface area (Å²) in [5, 5.41) is 38.5. The van der Waals surface area contributed by atoms with Crippen LogP contribution in [0.2, 0.25) is 0 Å². The van der Waals surface area contributed by atoms with Crippen LogP contribution < -0.4 is 22.6 Å². The molecule has 21 nitrogen and oxygen atoms in total. The second kappa shape index (κ2) is 93.1. The summed E-state index contributed by atoms with van der Waals surface area (Å²) in [6.45, 7) is 19.7. The second-order valence-corrected chi connectivity index (χ2v) is 44.0. The molecule has 25 heteroatoms. The molecule has 10 N–H and O–H groups in total. The largest absolute Gasteiger partial charge is 0.481 e. The number of nitrogens with zero attached hydrogens (tertiary/aromatic N) is 6. The first-order valence-corrected chi connectivity index (χ1v) is 60.8. The zero-order valence-electron chi connectivity index (χ0n) is 88.8. The van der Waals surface area contributed by atoms with Gasteiger partial charge in [-0.05, 0) is 67.7 Å². The molecule has 0 saturated heterocycles. The molecule has 139 heavy (non-hydrogen) atoms. The number of H-pyrrole nitrogens is 2. The molecule has 0 aromatic carbocycles. The summed E-state index contributed by atoms with van der Waals surface area (Å²) in [6, 6.07) is -0.386. The van der Waals surface area contributed by atoms with Gasteiger partial charge in [-0.15, -0.1) is 0 Å². The molecule has 806 valence electrons. The lowest BCUT2D eigenvalue weighted by molar-refractivity contribution is -0.264. The molecule has 6 atom stereocenters. The summed E-state index contributed by atoms with van der Waals surface area (Å²) in [7, 11) is 7.36. The Morgan fingerprint density at radius 3 is 0.878 bits per heavy atom. The van der Waals surface area contributed by atoms with Crippen LogP contribution in [0.5, 0.6) is 0 Å². The van der Waals surface area contributed by atoms with Crippen LogP contribution in [-0.2, 0) is 28.6 Å². The smallest absolute Gasteiger partial charge is 0.303 e. The van der Waals surface area contributed by atoms with Crippen LogP contribution in [0.25, 0.3) is 22.3 Å². The number of nitrogens with one attached hydrogen (secondary N) is 2. The van der Waals surface area contributed by atoms with Gasteiger partial charge < -0.3 is 45.9 Å². The van der Waals surface area contributed by atoms with Gasteiger partial charge in [0.05, 0.1) is 50.2 Å². The van der Waals surface area contributed by atoms with E-state index in [1.165, 1.54) is 469 Å². The Hall–Kier alpha value is -4.68. The summed E-state index contributed by atoms with van der Waals surface area (Å²) in [6.07, 6.45) is 114. The molecule has 4 aromatic heterocycles. The van der Waals surface area contributed by atoms with Crippen LogP contribution in [0.1, 0.15) is 579 Å². The number of carboxylic acids is 1. The molecule has 4 aromatic rings. The third kappa shape index (κ3) is 71.5. The topological polar surface area (TPSA) is 330 Å². The number of aromatic amines is 2. The number of rotatable bonds is 90. The Bertz CT molecular complexity index is 3660. The first-order valence-electron chi connectivity index (χ1n) is 57.6. The highest BCUT2D eigenvalue weighted by atomic mass is 36.0. The molecule has 0 spiro atoms. The highest BCUT2D eigenvalue weighted by Crippen LogP contribution is 2.43. The van der Waals surface area contributed by atoms with E-state index in [9.17, 15) is 34.5 Å². The number of aliphatic hydroxyl groups excluding tert-OH is 3. The lowest BCUT2D eigenvalue weighted by atomic mass is 9.94. The predicted octanol–water partition coefficient (Wildman–Crippen LogP) is 34.1. The summed E-state index contributed by atoms with van der Waals surface area (Å²) in [5.74, 6) is -0.122. The number of hydrogen-bond acceptors (Lipinski definition) is 16. The number of halogens is 3. The maximum absolute atomic E-state index is 12.2. The van der Waals surface area contributed by atoms with E-state index in [0.717, 1.165) is 69.1 Å². The average molecular weight is 2030 g/mol. The van der Waals surface area contributed by atoms with Crippen LogP contribution in [0.3, 0.4) is 0 Å². The number of anilines is 2. The summed E-state index contributed by atoms with van der Waals surface area (Å²) >= 11 is 5.35. The van der Waals surface area contributed by atoms with Crippen molar-refractivity contribution in [1.29, 1.82) is 0 Å². The maximum atomic E-state index is 12.2. The van der Waals surface area contributed by atoms with Gasteiger partial charge in [-0.1, -0.05) is 522 Å². The maximum Gasteiger partial charge on any atom is 0.303 e. The van der Waals surface area contributed by atoms with E-state index < -0.39 is 33.0 Å². The van der Waals surface area contributed by atoms with E-state index in [-0.39, 0.29) is 64.3 Å². The van der Waals surface area contributed by atoms with Gasteiger partial charge in [0.1, 0.15) is 5.76 Å². The molecule has 0 aliphatic heterocycles. The zero-order valence-corrected chi connectivity index (χ0v) is 91.9. The number of allylic oxidation sites excluding steroid dienone is 1.